The summed E-state index contributed by atoms with van der Waals surface area (Å²) in [6.45, 7) is 2.35. The van der Waals surface area contributed by atoms with Crippen LogP contribution < -0.4 is 15.6 Å². The summed E-state index contributed by atoms with van der Waals surface area (Å²) >= 11 is 0. The van der Waals surface area contributed by atoms with Gasteiger partial charge in [0.2, 0.25) is 11.5 Å². The number of amides is 1. The Balaban J connectivity index is 1.61. The molecule has 1 N–H and O–H groups in total. The summed E-state index contributed by atoms with van der Waals surface area (Å²) < 4.78 is 8.26. The highest BCUT2D eigenvalue weighted by molar-refractivity contribution is 6.02. The molecule has 0 aliphatic carbocycles. The molecular formula is C25H21N5O3. The molecule has 0 bridgehead atoms. The molecule has 8 nitrogen and oxygen atoms in total. The molecule has 0 aliphatic heterocycles. The largest absolute Gasteiger partial charge is 0.497 e. The van der Waals surface area contributed by atoms with Gasteiger partial charge in [-0.05, 0) is 54.4 Å². The Labute approximate surface area is 189 Å². The van der Waals surface area contributed by atoms with Gasteiger partial charge >= 0.3 is 0 Å². The summed E-state index contributed by atoms with van der Waals surface area (Å²) in [6, 6.07) is 22.4. The standard InChI is InChI=1S/C25H21N5O3/c1-16-8-13-20-21(14-16)29(15-17-6-4-3-5-7-17)25(32)23-27-22(28-30(20)23)24(31)26-18-9-11-19(33-2)12-10-18/h3-14H,15H2,1-2H3,(H,26,31). The highest BCUT2D eigenvalue weighted by Gasteiger charge is 2.19. The highest BCUT2D eigenvalue weighted by Crippen LogP contribution is 2.18. The normalized spacial score (nSPS) is 11.1. The molecule has 0 radical (unpaired) electrons. The van der Waals surface area contributed by atoms with Crippen molar-refractivity contribution < 1.29 is 9.53 Å². The Hall–Kier alpha value is -4.46. The molecule has 0 fully saturated rings. The number of nitrogens with one attached hydrogen (secondary N) is 1. The molecule has 0 saturated heterocycles. The molecule has 164 valence electrons. The van der Waals surface area contributed by atoms with E-state index in [0.717, 1.165) is 16.6 Å². The molecule has 0 saturated carbocycles. The molecule has 2 aromatic heterocycles. The Kier molecular flexibility index (Phi) is 5.10. The predicted octanol–water partition coefficient (Wildman–Crippen LogP) is 3.66. The molecule has 8 heteroatoms. The van der Waals surface area contributed by atoms with E-state index in [0.29, 0.717) is 23.5 Å². The van der Waals surface area contributed by atoms with Crippen LogP contribution >= 0.6 is 0 Å². The SMILES string of the molecule is COc1ccc(NC(=O)c2nc3c(=O)n(Cc4ccccc4)c4cc(C)ccc4n3n2)cc1. The lowest BCUT2D eigenvalue weighted by Crippen LogP contribution is -2.24. The summed E-state index contributed by atoms with van der Waals surface area (Å²) in [4.78, 5) is 30.5. The van der Waals surface area contributed by atoms with E-state index in [4.69, 9.17) is 4.74 Å². The lowest BCUT2D eigenvalue weighted by molar-refractivity contribution is 0.101. The number of aromatic nitrogens is 4. The van der Waals surface area contributed by atoms with Gasteiger partial charge in [0.1, 0.15) is 5.75 Å². The smallest absolute Gasteiger partial charge is 0.296 e. The fraction of sp³-hybridized carbons (Fsp3) is 0.120. The molecule has 0 unspecified atom stereocenters. The molecule has 3 aromatic carbocycles. The van der Waals surface area contributed by atoms with E-state index < -0.39 is 5.91 Å². The topological polar surface area (TPSA) is 90.5 Å². The molecule has 5 aromatic rings. The molecule has 33 heavy (non-hydrogen) atoms. The van der Waals surface area contributed by atoms with E-state index in [1.807, 2.05) is 55.5 Å². The van der Waals surface area contributed by atoms with Gasteiger partial charge in [-0.2, -0.15) is 4.98 Å². The number of fused-ring (bicyclic) bond motifs is 3. The van der Waals surface area contributed by atoms with E-state index >= 15 is 0 Å². The van der Waals surface area contributed by atoms with Crippen molar-refractivity contribution in [2.45, 2.75) is 13.5 Å². The van der Waals surface area contributed by atoms with Crippen LogP contribution in [0, 0.1) is 6.92 Å². The monoisotopic (exact) mass is 439 g/mol. The van der Waals surface area contributed by atoms with E-state index in [1.54, 1.807) is 35.9 Å². The Morgan fingerprint density at radius 2 is 1.76 bits per heavy atom. The van der Waals surface area contributed by atoms with Crippen LogP contribution in [-0.4, -0.2) is 32.2 Å². The van der Waals surface area contributed by atoms with Crippen molar-refractivity contribution in [2.75, 3.05) is 12.4 Å². The van der Waals surface area contributed by atoms with Crippen LogP contribution in [-0.2, 0) is 6.54 Å². The van der Waals surface area contributed by atoms with Gasteiger partial charge in [-0.25, -0.2) is 4.52 Å². The molecule has 2 heterocycles. The van der Waals surface area contributed by atoms with Crippen LogP contribution in [0.15, 0.2) is 77.6 Å². The van der Waals surface area contributed by atoms with E-state index in [-0.39, 0.29) is 17.0 Å². The van der Waals surface area contributed by atoms with Crippen molar-refractivity contribution in [3.05, 3.63) is 100 Å². The zero-order chi connectivity index (χ0) is 22.9. The van der Waals surface area contributed by atoms with Crippen molar-refractivity contribution in [3.63, 3.8) is 0 Å². The number of anilines is 1. The van der Waals surface area contributed by atoms with Gasteiger partial charge in [-0.1, -0.05) is 36.4 Å². The second kappa shape index (κ2) is 8.23. The molecule has 0 spiro atoms. The van der Waals surface area contributed by atoms with Crippen LogP contribution in [0.2, 0.25) is 0 Å². The number of carbonyl (C=O) groups excluding carboxylic acids is 1. The van der Waals surface area contributed by atoms with Gasteiger partial charge in [0.15, 0.2) is 0 Å². The third-order valence-electron chi connectivity index (χ3n) is 5.43. The Morgan fingerprint density at radius 3 is 2.48 bits per heavy atom. The number of benzene rings is 3. The first-order chi connectivity index (χ1) is 16.0. The van der Waals surface area contributed by atoms with Gasteiger partial charge < -0.3 is 10.1 Å². The van der Waals surface area contributed by atoms with Crippen molar-refractivity contribution >= 4 is 28.3 Å². The fourth-order valence-electron chi connectivity index (χ4n) is 3.76. The van der Waals surface area contributed by atoms with Crippen LogP contribution in [0.3, 0.4) is 0 Å². The highest BCUT2D eigenvalue weighted by atomic mass is 16.5. The summed E-state index contributed by atoms with van der Waals surface area (Å²) in [7, 11) is 1.57. The Bertz CT molecular complexity index is 1540. The number of carbonyl (C=O) groups is 1. The summed E-state index contributed by atoms with van der Waals surface area (Å²) in [5, 5.41) is 7.12. The molecule has 0 aliphatic rings. The van der Waals surface area contributed by atoms with Gasteiger partial charge in [0.25, 0.3) is 11.5 Å². The molecule has 1 amide bonds. The maximum atomic E-state index is 13.4. The average molecular weight is 439 g/mol. The zero-order valence-electron chi connectivity index (χ0n) is 18.1. The number of methoxy groups -OCH3 is 1. The van der Waals surface area contributed by atoms with Crippen LogP contribution in [0.25, 0.3) is 16.7 Å². The van der Waals surface area contributed by atoms with Gasteiger partial charge in [-0.15, -0.1) is 5.10 Å². The maximum Gasteiger partial charge on any atom is 0.296 e. The number of hydrogen-bond acceptors (Lipinski definition) is 5. The molecule has 5 rings (SSSR count). The maximum absolute atomic E-state index is 13.4. The summed E-state index contributed by atoms with van der Waals surface area (Å²) in [6.07, 6.45) is 0. The lowest BCUT2D eigenvalue weighted by Gasteiger charge is -2.12. The van der Waals surface area contributed by atoms with Crippen molar-refractivity contribution in [1.82, 2.24) is 19.2 Å². The second-order valence-electron chi connectivity index (χ2n) is 7.72. The first-order valence-corrected chi connectivity index (χ1v) is 10.4. The van der Waals surface area contributed by atoms with Gasteiger partial charge in [0, 0.05) is 5.69 Å². The quantitative estimate of drug-likeness (QED) is 0.451. The number of hydrogen-bond donors (Lipinski definition) is 1. The number of rotatable bonds is 5. The minimum absolute atomic E-state index is 0.0812. The molecule has 0 atom stereocenters. The molecular weight excluding hydrogens is 418 g/mol. The van der Waals surface area contributed by atoms with Crippen molar-refractivity contribution in [1.29, 1.82) is 0 Å². The fourth-order valence-corrected chi connectivity index (χ4v) is 3.76. The minimum Gasteiger partial charge on any atom is -0.497 e. The second-order valence-corrected chi connectivity index (χ2v) is 7.72. The average Bonchev–Trinajstić information content (AvgIpc) is 3.29. The minimum atomic E-state index is -0.502. The third-order valence-corrected chi connectivity index (χ3v) is 5.43. The number of nitrogens with zero attached hydrogens (tertiary/aromatic N) is 4. The first kappa shape index (κ1) is 20.4. The van der Waals surface area contributed by atoms with Crippen molar-refractivity contribution in [2.24, 2.45) is 0 Å². The predicted molar refractivity (Wildman–Crippen MR) is 126 cm³/mol. The number of ether oxygens (including phenoxy) is 1. The lowest BCUT2D eigenvalue weighted by atomic mass is 10.2. The van der Waals surface area contributed by atoms with E-state index in [9.17, 15) is 9.59 Å². The Morgan fingerprint density at radius 1 is 1.00 bits per heavy atom. The summed E-state index contributed by atoms with van der Waals surface area (Å²) in [5.41, 5.74) is 3.78. The van der Waals surface area contributed by atoms with Crippen LogP contribution in [0.1, 0.15) is 21.7 Å². The third kappa shape index (κ3) is 3.82. The first-order valence-electron chi connectivity index (χ1n) is 10.4. The van der Waals surface area contributed by atoms with Gasteiger partial charge in [-0.3, -0.25) is 14.2 Å². The zero-order valence-corrected chi connectivity index (χ0v) is 18.1. The van der Waals surface area contributed by atoms with Gasteiger partial charge in [0.05, 0.1) is 24.7 Å². The number of aryl methyl sites for hydroxylation is 1. The van der Waals surface area contributed by atoms with Crippen LogP contribution in [0.4, 0.5) is 5.69 Å². The summed E-state index contributed by atoms with van der Waals surface area (Å²) in [5.74, 6) is 0.0972. The van der Waals surface area contributed by atoms with Crippen LogP contribution in [0.5, 0.6) is 5.75 Å². The van der Waals surface area contributed by atoms with E-state index in [2.05, 4.69) is 15.4 Å². The van der Waals surface area contributed by atoms with Crippen molar-refractivity contribution in [3.8, 4) is 5.75 Å². The van der Waals surface area contributed by atoms with E-state index in [1.165, 1.54) is 4.52 Å².